The zero-order chi connectivity index (χ0) is 20.1. The van der Waals surface area contributed by atoms with E-state index in [2.05, 4.69) is 5.32 Å². The van der Waals surface area contributed by atoms with E-state index in [1.54, 1.807) is 11.0 Å². The number of piperidine rings is 1. The number of rotatable bonds is 4. The highest BCUT2D eigenvalue weighted by Crippen LogP contribution is 2.33. The van der Waals surface area contributed by atoms with Crippen molar-refractivity contribution in [2.75, 3.05) is 18.4 Å². The quantitative estimate of drug-likeness (QED) is 0.662. The number of nitrogens with one attached hydrogen (secondary N) is 1. The Balaban J connectivity index is 1.36. The first kappa shape index (κ1) is 19.0. The molecule has 2 amide bonds. The number of likely N-dealkylation sites (tertiary alicyclic amines) is 1. The maximum atomic E-state index is 12.7. The highest BCUT2D eigenvalue weighted by atomic mass is 16.5. The Morgan fingerprint density at radius 1 is 0.862 bits per heavy atom. The summed E-state index contributed by atoms with van der Waals surface area (Å²) in [6.07, 6.45) is 1.03. The summed E-state index contributed by atoms with van der Waals surface area (Å²) >= 11 is 0. The average Bonchev–Trinajstić information content (AvgIpc) is 2.76. The molecular weight excluding hydrogens is 364 g/mol. The number of para-hydroxylation sites is 1. The molecule has 5 heteroatoms. The predicted molar refractivity (Wildman–Crippen MR) is 113 cm³/mol. The van der Waals surface area contributed by atoms with Crippen molar-refractivity contribution in [1.29, 1.82) is 0 Å². The first-order valence-electron chi connectivity index (χ1n) is 9.79. The summed E-state index contributed by atoms with van der Waals surface area (Å²) in [6, 6.07) is 26.3. The third kappa shape index (κ3) is 4.58. The first-order chi connectivity index (χ1) is 14.1. The molecule has 5 nitrogen and oxygen atoms in total. The van der Waals surface area contributed by atoms with Gasteiger partial charge < -0.3 is 20.1 Å². The molecule has 0 bridgehead atoms. The Morgan fingerprint density at radius 2 is 1.48 bits per heavy atom. The van der Waals surface area contributed by atoms with Crippen molar-refractivity contribution in [2.45, 2.75) is 18.4 Å². The fourth-order valence-electron chi connectivity index (χ4n) is 3.58. The van der Waals surface area contributed by atoms with E-state index in [0.717, 1.165) is 11.3 Å². The van der Waals surface area contributed by atoms with Gasteiger partial charge in [-0.15, -0.1) is 0 Å². The third-order valence-electron chi connectivity index (χ3n) is 5.25. The van der Waals surface area contributed by atoms with Crippen molar-refractivity contribution in [2.24, 2.45) is 0 Å². The van der Waals surface area contributed by atoms with E-state index in [4.69, 9.17) is 4.74 Å². The zero-order valence-corrected chi connectivity index (χ0v) is 16.1. The van der Waals surface area contributed by atoms with Crippen molar-refractivity contribution >= 4 is 11.7 Å². The maximum Gasteiger partial charge on any atom is 0.321 e. The molecule has 1 aliphatic heterocycles. The molecular formula is C24H24N2O3. The third-order valence-corrected chi connectivity index (χ3v) is 5.25. The lowest BCUT2D eigenvalue weighted by Gasteiger charge is -2.38. The fourth-order valence-corrected chi connectivity index (χ4v) is 3.58. The lowest BCUT2D eigenvalue weighted by Crippen LogP contribution is -2.46. The number of hydrogen-bond donors (Lipinski definition) is 2. The molecule has 0 aliphatic carbocycles. The fraction of sp³-hybridized carbons (Fsp3) is 0.208. The number of ether oxygens (including phenoxy) is 1. The molecule has 0 spiro atoms. The smallest absolute Gasteiger partial charge is 0.321 e. The second-order valence-electron chi connectivity index (χ2n) is 7.26. The molecule has 148 valence electrons. The van der Waals surface area contributed by atoms with Gasteiger partial charge in [0.25, 0.3) is 0 Å². The lowest BCUT2D eigenvalue weighted by molar-refractivity contribution is -0.0156. The highest BCUT2D eigenvalue weighted by molar-refractivity contribution is 5.89. The van der Waals surface area contributed by atoms with E-state index in [-0.39, 0.29) is 6.03 Å². The molecule has 1 fully saturated rings. The van der Waals surface area contributed by atoms with Crippen LogP contribution in [-0.2, 0) is 5.60 Å². The summed E-state index contributed by atoms with van der Waals surface area (Å²) in [5, 5.41) is 13.9. The number of anilines is 1. The standard InChI is InChI=1S/C24H24N2O3/c27-23(26-16-14-24(28,15-17-26)19-8-3-1-4-9-19)25-20-10-7-13-22(18-20)29-21-11-5-2-6-12-21/h1-13,18,28H,14-17H2,(H,25,27). The molecule has 0 saturated carbocycles. The van der Waals surface area contributed by atoms with Gasteiger partial charge in [-0.25, -0.2) is 4.79 Å². The van der Waals surface area contributed by atoms with Crippen molar-refractivity contribution < 1.29 is 14.6 Å². The topological polar surface area (TPSA) is 61.8 Å². The van der Waals surface area contributed by atoms with Gasteiger partial charge in [-0.05, 0) is 42.7 Å². The Labute approximate surface area is 170 Å². The molecule has 0 atom stereocenters. The van der Waals surface area contributed by atoms with Crippen molar-refractivity contribution in [3.63, 3.8) is 0 Å². The van der Waals surface area contributed by atoms with Gasteiger partial charge in [-0.1, -0.05) is 54.6 Å². The van der Waals surface area contributed by atoms with Crippen molar-refractivity contribution in [3.05, 3.63) is 90.5 Å². The van der Waals surface area contributed by atoms with Crippen LogP contribution in [0, 0.1) is 0 Å². The predicted octanol–water partition coefficient (Wildman–Crippen LogP) is 4.99. The maximum absolute atomic E-state index is 12.7. The number of carbonyl (C=O) groups is 1. The largest absolute Gasteiger partial charge is 0.457 e. The molecule has 1 aliphatic rings. The van der Waals surface area contributed by atoms with Gasteiger partial charge in [0.05, 0.1) is 5.60 Å². The van der Waals surface area contributed by atoms with E-state index >= 15 is 0 Å². The minimum absolute atomic E-state index is 0.169. The average molecular weight is 388 g/mol. The van der Waals surface area contributed by atoms with Gasteiger partial charge in [-0.3, -0.25) is 0 Å². The van der Waals surface area contributed by atoms with Gasteiger partial charge in [0.15, 0.2) is 0 Å². The SMILES string of the molecule is O=C(Nc1cccc(Oc2ccccc2)c1)N1CCC(O)(c2ccccc2)CC1. The van der Waals surface area contributed by atoms with E-state index in [0.29, 0.717) is 37.4 Å². The van der Waals surface area contributed by atoms with E-state index in [1.807, 2.05) is 78.9 Å². The van der Waals surface area contributed by atoms with Crippen LogP contribution in [0.1, 0.15) is 18.4 Å². The van der Waals surface area contributed by atoms with E-state index < -0.39 is 5.60 Å². The second kappa shape index (κ2) is 8.37. The van der Waals surface area contributed by atoms with Crippen LogP contribution in [0.2, 0.25) is 0 Å². The molecule has 3 aromatic carbocycles. The van der Waals surface area contributed by atoms with E-state index in [9.17, 15) is 9.90 Å². The number of hydrogen-bond acceptors (Lipinski definition) is 3. The van der Waals surface area contributed by atoms with Crippen LogP contribution < -0.4 is 10.1 Å². The molecule has 0 unspecified atom stereocenters. The van der Waals surface area contributed by atoms with Gasteiger partial charge >= 0.3 is 6.03 Å². The summed E-state index contributed by atoms with van der Waals surface area (Å²) in [4.78, 5) is 14.4. The monoisotopic (exact) mass is 388 g/mol. The number of urea groups is 1. The van der Waals surface area contributed by atoms with Crippen LogP contribution in [0.5, 0.6) is 11.5 Å². The van der Waals surface area contributed by atoms with Gasteiger partial charge in [0, 0.05) is 24.8 Å². The first-order valence-corrected chi connectivity index (χ1v) is 9.79. The Bertz CT molecular complexity index is 952. The molecule has 3 aromatic rings. The summed E-state index contributed by atoms with van der Waals surface area (Å²) in [6.45, 7) is 0.995. The van der Waals surface area contributed by atoms with Gasteiger partial charge in [-0.2, -0.15) is 0 Å². The van der Waals surface area contributed by atoms with Crippen LogP contribution in [-0.4, -0.2) is 29.1 Å². The normalized spacial score (nSPS) is 15.6. The molecule has 29 heavy (non-hydrogen) atoms. The molecule has 1 heterocycles. The van der Waals surface area contributed by atoms with Crippen molar-refractivity contribution in [1.82, 2.24) is 4.90 Å². The van der Waals surface area contributed by atoms with Crippen LogP contribution in [0.3, 0.4) is 0 Å². The van der Waals surface area contributed by atoms with Crippen LogP contribution in [0.4, 0.5) is 10.5 Å². The summed E-state index contributed by atoms with van der Waals surface area (Å²) < 4.78 is 5.82. The Hall–Kier alpha value is -3.31. The molecule has 2 N–H and O–H groups in total. The molecule has 0 radical (unpaired) electrons. The van der Waals surface area contributed by atoms with Crippen molar-refractivity contribution in [3.8, 4) is 11.5 Å². The second-order valence-corrected chi connectivity index (χ2v) is 7.26. The molecule has 1 saturated heterocycles. The number of benzene rings is 3. The zero-order valence-electron chi connectivity index (χ0n) is 16.1. The Kier molecular flexibility index (Phi) is 5.49. The lowest BCUT2D eigenvalue weighted by atomic mass is 9.84. The molecule has 0 aromatic heterocycles. The minimum Gasteiger partial charge on any atom is -0.457 e. The van der Waals surface area contributed by atoms with Crippen LogP contribution >= 0.6 is 0 Å². The number of amides is 2. The van der Waals surface area contributed by atoms with Crippen LogP contribution in [0.15, 0.2) is 84.9 Å². The number of nitrogens with zero attached hydrogens (tertiary/aromatic N) is 1. The highest BCUT2D eigenvalue weighted by Gasteiger charge is 2.35. The molecule has 4 rings (SSSR count). The summed E-state index contributed by atoms with van der Waals surface area (Å²) in [7, 11) is 0. The van der Waals surface area contributed by atoms with Crippen LogP contribution in [0.25, 0.3) is 0 Å². The Morgan fingerprint density at radius 3 is 2.17 bits per heavy atom. The summed E-state index contributed by atoms with van der Waals surface area (Å²) in [5.41, 5.74) is 0.708. The van der Waals surface area contributed by atoms with Gasteiger partial charge in [0.2, 0.25) is 0 Å². The summed E-state index contributed by atoms with van der Waals surface area (Å²) in [5.74, 6) is 1.40. The van der Waals surface area contributed by atoms with Gasteiger partial charge in [0.1, 0.15) is 11.5 Å². The minimum atomic E-state index is -0.874. The van der Waals surface area contributed by atoms with E-state index in [1.165, 1.54) is 0 Å². The number of carbonyl (C=O) groups excluding carboxylic acids is 1. The number of aliphatic hydroxyl groups is 1.